The molecular weight excluding hydrogens is 398 g/mol. The van der Waals surface area contributed by atoms with Crippen molar-refractivity contribution in [1.29, 1.82) is 0 Å². The van der Waals surface area contributed by atoms with Gasteiger partial charge in [-0.15, -0.1) is 10.2 Å². The van der Waals surface area contributed by atoms with Gasteiger partial charge in [-0.3, -0.25) is 9.89 Å². The van der Waals surface area contributed by atoms with Crippen molar-refractivity contribution in [2.24, 2.45) is 4.99 Å². The fourth-order valence-electron chi connectivity index (χ4n) is 4.83. The molecule has 1 fully saturated rings. The highest BCUT2D eigenvalue weighted by Gasteiger charge is 2.21. The third-order valence-electron chi connectivity index (χ3n) is 6.45. The Kier molecular flexibility index (Phi) is 8.54. The first-order valence-electron chi connectivity index (χ1n) is 12.5. The van der Waals surface area contributed by atoms with E-state index >= 15 is 0 Å². The molecule has 1 aromatic carbocycles. The lowest BCUT2D eigenvalue weighted by Gasteiger charge is -2.34. The van der Waals surface area contributed by atoms with E-state index in [2.05, 4.69) is 67.6 Å². The second-order valence-electron chi connectivity index (χ2n) is 9.06. The molecule has 2 aliphatic rings. The van der Waals surface area contributed by atoms with Crippen molar-refractivity contribution in [3.63, 3.8) is 0 Å². The first kappa shape index (κ1) is 22.8. The van der Waals surface area contributed by atoms with E-state index in [4.69, 9.17) is 4.99 Å². The molecule has 32 heavy (non-hydrogen) atoms. The van der Waals surface area contributed by atoms with E-state index in [-0.39, 0.29) is 0 Å². The van der Waals surface area contributed by atoms with Gasteiger partial charge in [0.2, 0.25) is 0 Å². The number of nitrogens with one attached hydrogen (secondary N) is 2. The Labute approximate surface area is 192 Å². The first-order valence-corrected chi connectivity index (χ1v) is 12.5. The maximum Gasteiger partial charge on any atom is 0.191 e. The predicted octanol–water partition coefficient (Wildman–Crippen LogP) is 3.16. The molecule has 7 heteroatoms. The van der Waals surface area contributed by atoms with Gasteiger partial charge in [0, 0.05) is 51.6 Å². The monoisotopic (exact) mass is 437 g/mol. The number of hydrogen-bond donors (Lipinski definition) is 2. The van der Waals surface area contributed by atoms with Crippen LogP contribution in [0.3, 0.4) is 0 Å². The van der Waals surface area contributed by atoms with Crippen LogP contribution in [-0.2, 0) is 25.9 Å². The molecule has 1 unspecified atom stereocenters. The highest BCUT2D eigenvalue weighted by Crippen LogP contribution is 2.16. The van der Waals surface area contributed by atoms with E-state index < -0.39 is 0 Å². The number of aliphatic imine (C=N–C) groups is 1. The molecule has 2 aromatic rings. The van der Waals surface area contributed by atoms with Crippen LogP contribution < -0.4 is 10.6 Å². The van der Waals surface area contributed by atoms with E-state index in [1.54, 1.807) is 0 Å². The number of aromatic nitrogens is 3. The summed E-state index contributed by atoms with van der Waals surface area (Å²) in [7, 11) is 0. The maximum absolute atomic E-state index is 4.87. The van der Waals surface area contributed by atoms with Gasteiger partial charge in [-0.05, 0) is 51.1 Å². The van der Waals surface area contributed by atoms with Crippen molar-refractivity contribution in [3.8, 4) is 0 Å². The van der Waals surface area contributed by atoms with Gasteiger partial charge in [0.15, 0.2) is 5.96 Å². The Morgan fingerprint density at radius 3 is 2.88 bits per heavy atom. The number of guanidine groups is 1. The third-order valence-corrected chi connectivity index (χ3v) is 6.45. The summed E-state index contributed by atoms with van der Waals surface area (Å²) >= 11 is 0. The second-order valence-corrected chi connectivity index (χ2v) is 9.06. The van der Waals surface area contributed by atoms with Crippen LogP contribution in [0.15, 0.2) is 35.3 Å². The van der Waals surface area contributed by atoms with Crippen LogP contribution in [0.25, 0.3) is 0 Å². The van der Waals surface area contributed by atoms with Gasteiger partial charge in [-0.25, -0.2) is 0 Å². The largest absolute Gasteiger partial charge is 0.357 e. The minimum Gasteiger partial charge on any atom is -0.357 e. The zero-order chi connectivity index (χ0) is 22.0. The average Bonchev–Trinajstić information content (AvgIpc) is 3.03. The lowest BCUT2D eigenvalue weighted by Crippen LogP contribution is -2.51. The van der Waals surface area contributed by atoms with Gasteiger partial charge in [-0.2, -0.15) is 0 Å². The normalized spacial score (nSPS) is 19.9. The Morgan fingerprint density at radius 2 is 2.00 bits per heavy atom. The molecule has 0 aliphatic carbocycles. The third kappa shape index (κ3) is 6.55. The molecule has 0 saturated carbocycles. The number of benzene rings is 1. The summed E-state index contributed by atoms with van der Waals surface area (Å²) in [6.07, 6.45) is 9.22. The van der Waals surface area contributed by atoms with Gasteiger partial charge in [0.1, 0.15) is 11.6 Å². The van der Waals surface area contributed by atoms with Gasteiger partial charge in [0.05, 0.1) is 0 Å². The van der Waals surface area contributed by atoms with Crippen LogP contribution in [-0.4, -0.2) is 57.8 Å². The predicted molar refractivity (Wildman–Crippen MR) is 130 cm³/mol. The van der Waals surface area contributed by atoms with Crippen LogP contribution in [0.2, 0.25) is 0 Å². The molecule has 4 rings (SSSR count). The van der Waals surface area contributed by atoms with Gasteiger partial charge in [-0.1, -0.05) is 36.8 Å². The zero-order valence-electron chi connectivity index (χ0n) is 19.6. The summed E-state index contributed by atoms with van der Waals surface area (Å²) in [4.78, 5) is 7.42. The Bertz CT molecular complexity index is 845. The molecule has 1 aromatic heterocycles. The molecule has 174 valence electrons. The van der Waals surface area contributed by atoms with E-state index in [0.717, 1.165) is 63.8 Å². The van der Waals surface area contributed by atoms with Crippen LogP contribution in [0, 0.1) is 0 Å². The van der Waals surface area contributed by atoms with Crippen molar-refractivity contribution >= 4 is 5.96 Å². The second kappa shape index (κ2) is 12.0. The fourth-order valence-corrected chi connectivity index (χ4v) is 4.83. The number of nitrogens with zero attached hydrogens (tertiary/aromatic N) is 5. The van der Waals surface area contributed by atoms with Gasteiger partial charge < -0.3 is 15.2 Å². The molecule has 1 atom stereocenters. The summed E-state index contributed by atoms with van der Waals surface area (Å²) in [6, 6.07) is 11.2. The van der Waals surface area contributed by atoms with E-state index in [1.807, 2.05) is 0 Å². The molecule has 3 heterocycles. The number of rotatable bonds is 8. The lowest BCUT2D eigenvalue weighted by molar-refractivity contribution is 0.192. The summed E-state index contributed by atoms with van der Waals surface area (Å²) in [5.41, 5.74) is 1.39. The number of piperidine rings is 1. The summed E-state index contributed by atoms with van der Waals surface area (Å²) in [6.45, 7) is 8.14. The topological polar surface area (TPSA) is 70.4 Å². The number of fused-ring (bicyclic) bond motifs is 1. The highest BCUT2D eigenvalue weighted by atomic mass is 15.3. The Balaban J connectivity index is 1.26. The smallest absolute Gasteiger partial charge is 0.191 e. The number of hydrogen-bond acceptors (Lipinski definition) is 4. The lowest BCUT2D eigenvalue weighted by atomic mass is 10.0. The molecule has 2 N–H and O–H groups in total. The SMILES string of the molecule is CCNC(=NCCCc1nnc2n1CCCCC2)NC1CCCN(Cc2ccccc2)C1. The van der Waals surface area contributed by atoms with Gasteiger partial charge in [0.25, 0.3) is 0 Å². The summed E-state index contributed by atoms with van der Waals surface area (Å²) in [5.74, 6) is 3.26. The van der Waals surface area contributed by atoms with Crippen molar-refractivity contribution in [1.82, 2.24) is 30.3 Å². The Morgan fingerprint density at radius 1 is 1.09 bits per heavy atom. The van der Waals surface area contributed by atoms with Crippen LogP contribution >= 0.6 is 0 Å². The number of likely N-dealkylation sites (tertiary alicyclic amines) is 1. The van der Waals surface area contributed by atoms with Crippen LogP contribution in [0.5, 0.6) is 0 Å². The van der Waals surface area contributed by atoms with Gasteiger partial charge >= 0.3 is 0 Å². The van der Waals surface area contributed by atoms with Crippen molar-refractivity contribution in [2.75, 3.05) is 26.2 Å². The van der Waals surface area contributed by atoms with Crippen molar-refractivity contribution < 1.29 is 0 Å². The quantitative estimate of drug-likeness (QED) is 0.377. The highest BCUT2D eigenvalue weighted by molar-refractivity contribution is 5.80. The molecule has 0 bridgehead atoms. The zero-order valence-corrected chi connectivity index (χ0v) is 19.6. The average molecular weight is 438 g/mol. The summed E-state index contributed by atoms with van der Waals surface area (Å²) < 4.78 is 2.35. The first-order chi connectivity index (χ1) is 15.8. The van der Waals surface area contributed by atoms with E-state index in [1.165, 1.54) is 50.0 Å². The number of aryl methyl sites for hydroxylation is 2. The summed E-state index contributed by atoms with van der Waals surface area (Å²) in [5, 5.41) is 16.0. The molecule has 0 radical (unpaired) electrons. The fraction of sp³-hybridized carbons (Fsp3) is 0.640. The minimum absolute atomic E-state index is 0.442. The molecular formula is C25H39N7. The maximum atomic E-state index is 4.87. The molecule has 0 spiro atoms. The van der Waals surface area contributed by atoms with Crippen LogP contribution in [0.4, 0.5) is 0 Å². The van der Waals surface area contributed by atoms with Crippen LogP contribution in [0.1, 0.15) is 62.7 Å². The molecule has 2 aliphatic heterocycles. The standard InChI is InChI=1S/C25H39N7/c1-2-26-25(27-16-9-15-24-30-29-23-14-7-4-8-18-32(23)24)28-22-13-10-17-31(20-22)19-21-11-5-3-6-12-21/h3,5-6,11-12,22H,2,4,7-10,13-20H2,1H3,(H2,26,27,28). The molecule has 1 saturated heterocycles. The van der Waals surface area contributed by atoms with E-state index in [9.17, 15) is 0 Å². The Hall–Kier alpha value is -2.41. The minimum atomic E-state index is 0.442. The van der Waals surface area contributed by atoms with Crippen molar-refractivity contribution in [3.05, 3.63) is 47.5 Å². The molecule has 7 nitrogen and oxygen atoms in total. The van der Waals surface area contributed by atoms with E-state index in [0.29, 0.717) is 6.04 Å². The van der Waals surface area contributed by atoms with Crippen molar-refractivity contribution in [2.45, 2.75) is 77.4 Å². The molecule has 0 amide bonds.